The number of anilines is 2. The summed E-state index contributed by atoms with van der Waals surface area (Å²) in [7, 11) is 0. The molecule has 0 atom stereocenters. The summed E-state index contributed by atoms with van der Waals surface area (Å²) in [5, 5.41) is 3.60. The SMILES string of the molecule is Cc1ccc(C)c(NC(=O)CN2Cc3nc(N)sc3C2)c1. The number of nitrogens with one attached hydrogen (secondary N) is 1. The lowest BCUT2D eigenvalue weighted by atomic mass is 10.1. The van der Waals surface area contributed by atoms with Crippen LogP contribution in [0.2, 0.25) is 0 Å². The summed E-state index contributed by atoms with van der Waals surface area (Å²) in [6.45, 7) is 5.84. The summed E-state index contributed by atoms with van der Waals surface area (Å²) in [6.07, 6.45) is 0. The first-order valence-electron chi connectivity index (χ1n) is 6.85. The Morgan fingerprint density at radius 3 is 3.00 bits per heavy atom. The molecule has 1 aliphatic rings. The Hall–Kier alpha value is -1.92. The summed E-state index contributed by atoms with van der Waals surface area (Å²) in [4.78, 5) is 19.7. The zero-order valence-electron chi connectivity index (χ0n) is 12.1. The molecule has 110 valence electrons. The minimum atomic E-state index is 0.00632. The van der Waals surface area contributed by atoms with Gasteiger partial charge in [0.25, 0.3) is 0 Å². The molecule has 2 aromatic rings. The Morgan fingerprint density at radius 2 is 2.24 bits per heavy atom. The van der Waals surface area contributed by atoms with E-state index < -0.39 is 0 Å². The predicted octanol–water partition coefficient (Wildman–Crippen LogP) is 2.30. The van der Waals surface area contributed by atoms with Crippen molar-refractivity contribution >= 4 is 28.1 Å². The van der Waals surface area contributed by atoms with Crippen molar-refractivity contribution in [3.05, 3.63) is 39.9 Å². The Labute approximate surface area is 127 Å². The number of nitrogens with two attached hydrogens (primary N) is 1. The van der Waals surface area contributed by atoms with E-state index in [0.717, 1.165) is 29.1 Å². The highest BCUT2D eigenvalue weighted by atomic mass is 32.1. The molecule has 0 fully saturated rings. The zero-order chi connectivity index (χ0) is 15.0. The fourth-order valence-electron chi connectivity index (χ4n) is 2.50. The summed E-state index contributed by atoms with van der Waals surface area (Å²) in [5.41, 5.74) is 9.79. The van der Waals surface area contributed by atoms with Crippen molar-refractivity contribution in [2.45, 2.75) is 26.9 Å². The first kappa shape index (κ1) is 14.0. The van der Waals surface area contributed by atoms with Crippen molar-refractivity contribution < 1.29 is 4.79 Å². The van der Waals surface area contributed by atoms with E-state index >= 15 is 0 Å². The minimum Gasteiger partial charge on any atom is -0.375 e. The van der Waals surface area contributed by atoms with Gasteiger partial charge in [-0.2, -0.15) is 0 Å². The van der Waals surface area contributed by atoms with Crippen LogP contribution in [0.3, 0.4) is 0 Å². The van der Waals surface area contributed by atoms with Crippen molar-refractivity contribution in [1.82, 2.24) is 9.88 Å². The van der Waals surface area contributed by atoms with Gasteiger partial charge in [0.15, 0.2) is 5.13 Å². The van der Waals surface area contributed by atoms with Gasteiger partial charge in [-0.15, -0.1) is 11.3 Å². The van der Waals surface area contributed by atoms with Gasteiger partial charge in [0.1, 0.15) is 0 Å². The van der Waals surface area contributed by atoms with E-state index in [9.17, 15) is 4.79 Å². The number of aromatic nitrogens is 1. The predicted molar refractivity (Wildman–Crippen MR) is 85.2 cm³/mol. The van der Waals surface area contributed by atoms with Gasteiger partial charge in [-0.05, 0) is 31.0 Å². The lowest BCUT2D eigenvalue weighted by Gasteiger charge is -2.15. The number of hydrogen-bond acceptors (Lipinski definition) is 5. The van der Waals surface area contributed by atoms with Crippen LogP contribution in [-0.4, -0.2) is 22.3 Å². The molecule has 5 nitrogen and oxygen atoms in total. The molecule has 2 heterocycles. The van der Waals surface area contributed by atoms with Crippen LogP contribution in [0.5, 0.6) is 0 Å². The van der Waals surface area contributed by atoms with Crippen LogP contribution in [0.25, 0.3) is 0 Å². The number of hydrogen-bond donors (Lipinski definition) is 2. The highest BCUT2D eigenvalue weighted by Crippen LogP contribution is 2.29. The first-order chi connectivity index (χ1) is 10.0. The molecule has 1 aliphatic heterocycles. The van der Waals surface area contributed by atoms with E-state index in [2.05, 4.69) is 15.2 Å². The fourth-order valence-corrected chi connectivity index (χ4v) is 3.38. The largest absolute Gasteiger partial charge is 0.375 e. The van der Waals surface area contributed by atoms with Gasteiger partial charge in [-0.1, -0.05) is 12.1 Å². The third kappa shape index (κ3) is 3.06. The maximum absolute atomic E-state index is 12.2. The van der Waals surface area contributed by atoms with Crippen LogP contribution < -0.4 is 11.1 Å². The smallest absolute Gasteiger partial charge is 0.238 e. The van der Waals surface area contributed by atoms with Gasteiger partial charge in [-0.3, -0.25) is 9.69 Å². The second-order valence-corrected chi connectivity index (χ2v) is 6.55. The summed E-state index contributed by atoms with van der Waals surface area (Å²) in [6, 6.07) is 6.06. The first-order valence-corrected chi connectivity index (χ1v) is 7.66. The molecule has 0 bridgehead atoms. The number of amides is 1. The third-order valence-electron chi connectivity index (χ3n) is 3.57. The minimum absolute atomic E-state index is 0.00632. The lowest BCUT2D eigenvalue weighted by molar-refractivity contribution is -0.117. The molecule has 0 radical (unpaired) electrons. The van der Waals surface area contributed by atoms with E-state index in [0.29, 0.717) is 18.2 Å². The number of benzene rings is 1. The average molecular weight is 302 g/mol. The third-order valence-corrected chi connectivity index (χ3v) is 4.48. The molecular formula is C15H18N4OS. The van der Waals surface area contributed by atoms with Crippen LogP contribution in [0.4, 0.5) is 10.8 Å². The van der Waals surface area contributed by atoms with Crippen LogP contribution >= 0.6 is 11.3 Å². The van der Waals surface area contributed by atoms with Gasteiger partial charge < -0.3 is 11.1 Å². The Balaban J connectivity index is 1.60. The fraction of sp³-hybridized carbons (Fsp3) is 0.333. The van der Waals surface area contributed by atoms with Crippen molar-refractivity contribution in [3.8, 4) is 0 Å². The number of nitrogens with zero attached hydrogens (tertiary/aromatic N) is 2. The molecule has 0 saturated heterocycles. The summed E-state index contributed by atoms with van der Waals surface area (Å²) in [5.74, 6) is 0.00632. The summed E-state index contributed by atoms with van der Waals surface area (Å²) >= 11 is 1.51. The quantitative estimate of drug-likeness (QED) is 0.912. The molecule has 0 spiro atoms. The van der Waals surface area contributed by atoms with E-state index in [1.54, 1.807) is 0 Å². The average Bonchev–Trinajstić information content (AvgIpc) is 2.90. The van der Waals surface area contributed by atoms with Gasteiger partial charge in [0.2, 0.25) is 5.91 Å². The number of rotatable bonds is 3. The van der Waals surface area contributed by atoms with E-state index in [4.69, 9.17) is 5.73 Å². The van der Waals surface area contributed by atoms with Gasteiger partial charge in [-0.25, -0.2) is 4.98 Å². The topological polar surface area (TPSA) is 71.2 Å². The normalized spacial score (nSPS) is 14.2. The molecule has 3 N–H and O–H groups in total. The summed E-state index contributed by atoms with van der Waals surface area (Å²) < 4.78 is 0. The van der Waals surface area contributed by atoms with Crippen LogP contribution in [0.1, 0.15) is 21.7 Å². The van der Waals surface area contributed by atoms with Crippen LogP contribution in [0.15, 0.2) is 18.2 Å². The standard InChI is InChI=1S/C15H18N4OS/c1-9-3-4-10(2)11(5-9)17-14(20)8-19-6-12-13(7-19)21-15(16)18-12/h3-5H,6-8H2,1-2H3,(H2,16,18)(H,17,20). The Kier molecular flexibility index (Phi) is 3.65. The molecule has 0 aliphatic carbocycles. The Bertz CT molecular complexity index is 671. The molecule has 1 aromatic heterocycles. The van der Waals surface area contributed by atoms with Gasteiger partial charge in [0, 0.05) is 23.7 Å². The molecule has 21 heavy (non-hydrogen) atoms. The number of thiazole rings is 1. The zero-order valence-corrected chi connectivity index (χ0v) is 13.0. The number of aryl methyl sites for hydroxylation is 2. The number of nitrogen functional groups attached to an aromatic ring is 1. The van der Waals surface area contributed by atoms with E-state index in [1.807, 2.05) is 32.0 Å². The van der Waals surface area contributed by atoms with Gasteiger partial charge in [0.05, 0.1) is 12.2 Å². The van der Waals surface area contributed by atoms with Crippen molar-refractivity contribution in [1.29, 1.82) is 0 Å². The molecule has 0 unspecified atom stereocenters. The molecule has 6 heteroatoms. The number of carbonyl (C=O) groups excluding carboxylic acids is 1. The van der Waals surface area contributed by atoms with Crippen LogP contribution in [-0.2, 0) is 17.9 Å². The molecule has 3 rings (SSSR count). The molecule has 0 saturated carbocycles. The van der Waals surface area contributed by atoms with Crippen molar-refractivity contribution in [2.75, 3.05) is 17.6 Å². The maximum Gasteiger partial charge on any atom is 0.238 e. The number of carbonyl (C=O) groups is 1. The monoisotopic (exact) mass is 302 g/mol. The second kappa shape index (κ2) is 5.46. The van der Waals surface area contributed by atoms with Crippen LogP contribution in [0, 0.1) is 13.8 Å². The second-order valence-electron chi connectivity index (χ2n) is 5.43. The molecule has 1 aromatic carbocycles. The maximum atomic E-state index is 12.2. The highest BCUT2D eigenvalue weighted by Gasteiger charge is 2.24. The van der Waals surface area contributed by atoms with E-state index in [-0.39, 0.29) is 5.91 Å². The Morgan fingerprint density at radius 1 is 1.43 bits per heavy atom. The number of fused-ring (bicyclic) bond motifs is 1. The van der Waals surface area contributed by atoms with E-state index in [1.165, 1.54) is 16.2 Å². The van der Waals surface area contributed by atoms with Gasteiger partial charge >= 0.3 is 0 Å². The van der Waals surface area contributed by atoms with Crippen molar-refractivity contribution in [3.63, 3.8) is 0 Å². The lowest BCUT2D eigenvalue weighted by Crippen LogP contribution is -2.29. The highest BCUT2D eigenvalue weighted by molar-refractivity contribution is 7.15. The molecule has 1 amide bonds. The van der Waals surface area contributed by atoms with Crippen molar-refractivity contribution in [2.24, 2.45) is 0 Å². The molecular weight excluding hydrogens is 284 g/mol.